The molecule has 2 aromatic heterocycles. The highest BCUT2D eigenvalue weighted by atomic mass is 16.1. The minimum absolute atomic E-state index is 0.123. The van der Waals surface area contributed by atoms with E-state index in [2.05, 4.69) is 20.0 Å². The molecule has 3 aromatic rings. The predicted molar refractivity (Wildman–Crippen MR) is 85.7 cm³/mol. The molecule has 1 saturated heterocycles. The Labute approximate surface area is 132 Å². The molecule has 2 N–H and O–H groups in total. The fourth-order valence-corrected chi connectivity index (χ4v) is 2.98. The van der Waals surface area contributed by atoms with Crippen LogP contribution in [0.3, 0.4) is 0 Å². The van der Waals surface area contributed by atoms with Crippen LogP contribution in [0.15, 0.2) is 42.7 Å². The van der Waals surface area contributed by atoms with Crippen molar-refractivity contribution in [1.29, 1.82) is 0 Å². The highest BCUT2D eigenvalue weighted by Crippen LogP contribution is 2.27. The summed E-state index contributed by atoms with van der Waals surface area (Å²) in [5.41, 5.74) is 7.29. The van der Waals surface area contributed by atoms with Crippen LogP contribution in [0, 0.1) is 5.92 Å². The van der Waals surface area contributed by atoms with Crippen molar-refractivity contribution >= 4 is 17.5 Å². The van der Waals surface area contributed by atoms with Crippen molar-refractivity contribution in [2.45, 2.75) is 6.42 Å². The molecule has 4 rings (SSSR count). The van der Waals surface area contributed by atoms with Gasteiger partial charge in [-0.3, -0.25) is 4.79 Å². The van der Waals surface area contributed by atoms with E-state index in [1.165, 1.54) is 6.33 Å². The molecule has 1 amide bonds. The van der Waals surface area contributed by atoms with E-state index in [0.29, 0.717) is 12.3 Å². The van der Waals surface area contributed by atoms with Gasteiger partial charge in [0.15, 0.2) is 0 Å². The topological polar surface area (TPSA) is 89.4 Å². The average Bonchev–Trinajstić information content (AvgIpc) is 3.24. The molecule has 1 aromatic carbocycles. The number of hydrogen-bond acceptors (Lipinski definition) is 5. The molecular formula is C16H16N6O. The van der Waals surface area contributed by atoms with E-state index in [0.717, 1.165) is 30.0 Å². The van der Waals surface area contributed by atoms with Gasteiger partial charge in [-0.2, -0.15) is 14.6 Å². The van der Waals surface area contributed by atoms with Crippen LogP contribution in [0.25, 0.3) is 17.0 Å². The smallest absolute Gasteiger partial charge is 0.254 e. The van der Waals surface area contributed by atoms with E-state index in [1.54, 1.807) is 4.52 Å². The van der Waals surface area contributed by atoms with Crippen molar-refractivity contribution in [3.63, 3.8) is 0 Å². The van der Waals surface area contributed by atoms with Crippen LogP contribution in [0.1, 0.15) is 6.42 Å². The first-order valence-corrected chi connectivity index (χ1v) is 7.53. The fourth-order valence-electron chi connectivity index (χ4n) is 2.98. The maximum absolute atomic E-state index is 11.4. The maximum atomic E-state index is 11.4. The molecule has 0 radical (unpaired) electrons. The van der Waals surface area contributed by atoms with Crippen molar-refractivity contribution in [3.8, 4) is 11.3 Å². The van der Waals surface area contributed by atoms with Crippen molar-refractivity contribution in [2.24, 2.45) is 11.7 Å². The normalized spacial score (nSPS) is 17.7. The molecule has 23 heavy (non-hydrogen) atoms. The Hall–Kier alpha value is -2.96. The molecule has 0 aliphatic carbocycles. The summed E-state index contributed by atoms with van der Waals surface area (Å²) in [5, 5.41) is 4.25. The minimum atomic E-state index is -0.250. The highest BCUT2D eigenvalue weighted by molar-refractivity contribution is 5.78. The van der Waals surface area contributed by atoms with Crippen LogP contribution in [0.5, 0.6) is 0 Å². The molecule has 1 fully saturated rings. The molecule has 0 saturated carbocycles. The number of nitrogens with two attached hydrogens (primary N) is 1. The second kappa shape index (κ2) is 5.35. The van der Waals surface area contributed by atoms with Gasteiger partial charge in [-0.05, 0) is 6.42 Å². The monoisotopic (exact) mass is 308 g/mol. The van der Waals surface area contributed by atoms with Crippen molar-refractivity contribution in [2.75, 3.05) is 18.0 Å². The van der Waals surface area contributed by atoms with E-state index in [4.69, 9.17) is 5.73 Å². The molecule has 116 valence electrons. The zero-order valence-corrected chi connectivity index (χ0v) is 12.5. The summed E-state index contributed by atoms with van der Waals surface area (Å²) >= 11 is 0. The largest absolute Gasteiger partial charge is 0.369 e. The molecule has 0 bridgehead atoms. The summed E-state index contributed by atoms with van der Waals surface area (Å²) in [6.45, 7) is 1.36. The maximum Gasteiger partial charge on any atom is 0.254 e. The van der Waals surface area contributed by atoms with Crippen LogP contribution in [-0.4, -0.2) is 38.6 Å². The van der Waals surface area contributed by atoms with Gasteiger partial charge >= 0.3 is 0 Å². The predicted octanol–water partition coefficient (Wildman–Crippen LogP) is 1.10. The molecule has 1 unspecified atom stereocenters. The zero-order chi connectivity index (χ0) is 15.8. The minimum Gasteiger partial charge on any atom is -0.369 e. The quantitative estimate of drug-likeness (QED) is 0.782. The van der Waals surface area contributed by atoms with Gasteiger partial charge < -0.3 is 10.6 Å². The molecule has 0 spiro atoms. The van der Waals surface area contributed by atoms with E-state index >= 15 is 0 Å². The number of amides is 1. The Morgan fingerprint density at radius 1 is 1.26 bits per heavy atom. The first-order valence-electron chi connectivity index (χ1n) is 7.53. The van der Waals surface area contributed by atoms with Gasteiger partial charge in [-0.1, -0.05) is 30.3 Å². The number of fused-ring (bicyclic) bond motifs is 1. The summed E-state index contributed by atoms with van der Waals surface area (Å²) in [7, 11) is 0. The molecular weight excluding hydrogens is 292 g/mol. The average molecular weight is 308 g/mol. The van der Waals surface area contributed by atoms with Crippen LogP contribution < -0.4 is 10.6 Å². The van der Waals surface area contributed by atoms with Crippen LogP contribution in [0.2, 0.25) is 0 Å². The standard InChI is InChI=1S/C16H16N6O/c17-15(23)12-6-7-21(9-12)14-8-13(11-4-2-1-3-5-11)20-16-18-10-19-22(14)16/h1-5,8,10,12H,6-7,9H2,(H2,17,23). The lowest BCUT2D eigenvalue weighted by Gasteiger charge is -2.19. The van der Waals surface area contributed by atoms with Gasteiger partial charge in [0.1, 0.15) is 12.1 Å². The molecule has 3 heterocycles. The summed E-state index contributed by atoms with van der Waals surface area (Å²) in [6.07, 6.45) is 2.25. The SMILES string of the molecule is NC(=O)C1CCN(c2cc(-c3ccccc3)nc3ncnn23)C1. The number of nitrogens with zero attached hydrogens (tertiary/aromatic N) is 5. The summed E-state index contributed by atoms with van der Waals surface area (Å²) < 4.78 is 1.70. The summed E-state index contributed by atoms with van der Waals surface area (Å²) in [6, 6.07) is 11.9. The van der Waals surface area contributed by atoms with Crippen molar-refractivity contribution < 1.29 is 4.79 Å². The molecule has 1 atom stereocenters. The molecule has 1 aliphatic rings. The number of hydrogen-bond donors (Lipinski definition) is 1. The van der Waals surface area contributed by atoms with Gasteiger partial charge in [-0.25, -0.2) is 4.98 Å². The summed E-state index contributed by atoms with van der Waals surface area (Å²) in [4.78, 5) is 22.3. The van der Waals surface area contributed by atoms with Gasteiger partial charge in [0, 0.05) is 24.7 Å². The Kier molecular flexibility index (Phi) is 3.18. The molecule has 7 nitrogen and oxygen atoms in total. The number of primary amides is 1. The van der Waals surface area contributed by atoms with E-state index < -0.39 is 0 Å². The van der Waals surface area contributed by atoms with Gasteiger partial charge in [-0.15, -0.1) is 0 Å². The molecule has 7 heteroatoms. The molecule has 1 aliphatic heterocycles. The van der Waals surface area contributed by atoms with Gasteiger partial charge in [0.25, 0.3) is 5.78 Å². The lowest BCUT2D eigenvalue weighted by atomic mass is 10.1. The Bertz CT molecular complexity index is 859. The lowest BCUT2D eigenvalue weighted by molar-refractivity contribution is -0.121. The van der Waals surface area contributed by atoms with Crippen molar-refractivity contribution in [1.82, 2.24) is 19.6 Å². The van der Waals surface area contributed by atoms with Gasteiger partial charge in [0.05, 0.1) is 11.6 Å². The number of anilines is 1. The highest BCUT2D eigenvalue weighted by Gasteiger charge is 2.28. The number of aromatic nitrogens is 4. The van der Waals surface area contributed by atoms with E-state index in [9.17, 15) is 4.79 Å². The number of rotatable bonds is 3. The number of carbonyl (C=O) groups excluding carboxylic acids is 1. The Morgan fingerprint density at radius 2 is 2.09 bits per heavy atom. The van der Waals surface area contributed by atoms with Gasteiger partial charge in [0.2, 0.25) is 5.91 Å². The number of carbonyl (C=O) groups is 1. The first-order chi connectivity index (χ1) is 11.2. The fraction of sp³-hybridized carbons (Fsp3) is 0.250. The zero-order valence-electron chi connectivity index (χ0n) is 12.5. The first kappa shape index (κ1) is 13.7. The third kappa shape index (κ3) is 2.40. The second-order valence-corrected chi connectivity index (χ2v) is 5.67. The summed E-state index contributed by atoms with van der Waals surface area (Å²) in [5.74, 6) is 1.06. The Morgan fingerprint density at radius 3 is 2.83 bits per heavy atom. The van der Waals surface area contributed by atoms with E-state index in [1.807, 2.05) is 36.4 Å². The van der Waals surface area contributed by atoms with Crippen LogP contribution >= 0.6 is 0 Å². The number of benzene rings is 1. The van der Waals surface area contributed by atoms with Crippen molar-refractivity contribution in [3.05, 3.63) is 42.7 Å². The van der Waals surface area contributed by atoms with Crippen LogP contribution in [0.4, 0.5) is 5.82 Å². The Balaban J connectivity index is 1.80. The third-order valence-electron chi connectivity index (χ3n) is 4.22. The third-order valence-corrected chi connectivity index (χ3v) is 4.22. The lowest BCUT2D eigenvalue weighted by Crippen LogP contribution is -2.28. The van der Waals surface area contributed by atoms with E-state index in [-0.39, 0.29) is 11.8 Å². The second-order valence-electron chi connectivity index (χ2n) is 5.67. The van der Waals surface area contributed by atoms with Crippen LogP contribution in [-0.2, 0) is 4.79 Å².